The summed E-state index contributed by atoms with van der Waals surface area (Å²) in [4.78, 5) is 23.1. The van der Waals surface area contributed by atoms with Crippen molar-refractivity contribution in [3.8, 4) is 0 Å². The molecule has 0 aliphatic carbocycles. The molecule has 0 radical (unpaired) electrons. The lowest BCUT2D eigenvalue weighted by Gasteiger charge is -2.14. The van der Waals surface area contributed by atoms with Crippen molar-refractivity contribution in [1.82, 2.24) is 5.32 Å². The maximum atomic E-state index is 12.0. The Hall–Kier alpha value is -1.78. The van der Waals surface area contributed by atoms with Gasteiger partial charge in [-0.1, -0.05) is 33.6 Å². The molecule has 0 spiro atoms. The van der Waals surface area contributed by atoms with E-state index in [-0.39, 0.29) is 11.7 Å². The molecule has 106 valence electrons. The quantitative estimate of drug-likeness (QED) is 0.796. The van der Waals surface area contributed by atoms with Crippen LogP contribution in [0.4, 0.5) is 0 Å². The molecule has 5 nitrogen and oxygen atoms in total. The highest BCUT2D eigenvalue weighted by Gasteiger charge is 2.24. The standard InChI is InChI=1S/C14H21NO4/c1-4-5-6-11(14(17)18)15-13(16)12-10(9(2)3)7-8-19-12/h7-9,11H,4-6H2,1-3H3,(H,15,16)(H,17,18). The minimum absolute atomic E-state index is 0.151. The van der Waals surface area contributed by atoms with Crippen LogP contribution in [0, 0.1) is 0 Å². The van der Waals surface area contributed by atoms with E-state index in [4.69, 9.17) is 9.52 Å². The van der Waals surface area contributed by atoms with Crippen molar-refractivity contribution in [3.63, 3.8) is 0 Å². The van der Waals surface area contributed by atoms with Crippen LogP contribution in [0.25, 0.3) is 0 Å². The van der Waals surface area contributed by atoms with Gasteiger partial charge < -0.3 is 14.8 Å². The van der Waals surface area contributed by atoms with Crippen molar-refractivity contribution < 1.29 is 19.1 Å². The SMILES string of the molecule is CCCCC(NC(=O)c1occc1C(C)C)C(=O)O. The van der Waals surface area contributed by atoms with Crippen LogP contribution in [-0.4, -0.2) is 23.0 Å². The van der Waals surface area contributed by atoms with E-state index < -0.39 is 17.9 Å². The number of carbonyl (C=O) groups is 2. The van der Waals surface area contributed by atoms with Crippen molar-refractivity contribution >= 4 is 11.9 Å². The van der Waals surface area contributed by atoms with Crippen molar-refractivity contribution in [2.24, 2.45) is 0 Å². The summed E-state index contributed by atoms with van der Waals surface area (Å²) in [6.07, 6.45) is 3.52. The second kappa shape index (κ2) is 6.97. The number of carboxylic acid groups (broad SMARTS) is 1. The van der Waals surface area contributed by atoms with Crippen LogP contribution in [-0.2, 0) is 4.79 Å². The summed E-state index contributed by atoms with van der Waals surface area (Å²) >= 11 is 0. The lowest BCUT2D eigenvalue weighted by atomic mass is 10.0. The lowest BCUT2D eigenvalue weighted by molar-refractivity contribution is -0.139. The number of furan rings is 1. The fourth-order valence-corrected chi connectivity index (χ4v) is 1.85. The van der Waals surface area contributed by atoms with Gasteiger partial charge in [-0.05, 0) is 18.4 Å². The molecule has 2 N–H and O–H groups in total. The van der Waals surface area contributed by atoms with Gasteiger partial charge in [0.05, 0.1) is 6.26 Å². The van der Waals surface area contributed by atoms with Crippen LogP contribution >= 0.6 is 0 Å². The summed E-state index contributed by atoms with van der Waals surface area (Å²) in [6.45, 7) is 5.88. The van der Waals surface area contributed by atoms with Crippen molar-refractivity contribution in [3.05, 3.63) is 23.7 Å². The molecule has 0 bridgehead atoms. The largest absolute Gasteiger partial charge is 0.480 e. The molecule has 0 aliphatic heterocycles. The number of nitrogens with one attached hydrogen (secondary N) is 1. The van der Waals surface area contributed by atoms with Crippen LogP contribution in [0.2, 0.25) is 0 Å². The number of aliphatic carboxylic acids is 1. The first-order valence-corrected chi connectivity index (χ1v) is 6.58. The van der Waals surface area contributed by atoms with E-state index in [9.17, 15) is 9.59 Å². The molecule has 1 heterocycles. The predicted molar refractivity (Wildman–Crippen MR) is 71.2 cm³/mol. The monoisotopic (exact) mass is 267 g/mol. The number of unbranched alkanes of at least 4 members (excludes halogenated alkanes) is 1. The Balaban J connectivity index is 2.76. The van der Waals surface area contributed by atoms with Crippen molar-refractivity contribution in [1.29, 1.82) is 0 Å². The second-order valence-corrected chi connectivity index (χ2v) is 4.87. The third kappa shape index (κ3) is 4.12. The van der Waals surface area contributed by atoms with Gasteiger partial charge in [-0.3, -0.25) is 4.79 Å². The zero-order valence-electron chi connectivity index (χ0n) is 11.6. The molecule has 0 saturated heterocycles. The number of amides is 1. The maximum absolute atomic E-state index is 12.0. The third-order valence-electron chi connectivity index (χ3n) is 2.97. The van der Waals surface area contributed by atoms with Crippen molar-refractivity contribution in [2.45, 2.75) is 52.0 Å². The molecule has 1 atom stereocenters. The molecule has 19 heavy (non-hydrogen) atoms. The number of hydrogen-bond acceptors (Lipinski definition) is 3. The highest BCUT2D eigenvalue weighted by atomic mass is 16.4. The summed E-state index contributed by atoms with van der Waals surface area (Å²) in [5, 5.41) is 11.6. The topological polar surface area (TPSA) is 79.5 Å². The molecule has 1 aromatic heterocycles. The molecule has 0 fully saturated rings. The molecule has 1 aromatic rings. The summed E-state index contributed by atoms with van der Waals surface area (Å²) in [5.41, 5.74) is 0.789. The number of hydrogen-bond donors (Lipinski definition) is 2. The Morgan fingerprint density at radius 1 is 1.42 bits per heavy atom. The fourth-order valence-electron chi connectivity index (χ4n) is 1.85. The Labute approximate surface area is 113 Å². The molecule has 0 aromatic carbocycles. The molecule has 0 saturated carbocycles. The first-order chi connectivity index (χ1) is 8.97. The van der Waals surface area contributed by atoms with Gasteiger partial charge >= 0.3 is 5.97 Å². The van der Waals surface area contributed by atoms with Crippen LogP contribution in [0.5, 0.6) is 0 Å². The first-order valence-electron chi connectivity index (χ1n) is 6.58. The summed E-state index contributed by atoms with van der Waals surface area (Å²) in [7, 11) is 0. The van der Waals surface area contributed by atoms with E-state index in [0.717, 1.165) is 18.4 Å². The van der Waals surface area contributed by atoms with Gasteiger partial charge in [0.1, 0.15) is 6.04 Å². The minimum Gasteiger partial charge on any atom is -0.480 e. The van der Waals surface area contributed by atoms with Crippen LogP contribution in [0.1, 0.15) is 62.1 Å². The summed E-state index contributed by atoms with van der Waals surface area (Å²) < 4.78 is 5.17. The van der Waals surface area contributed by atoms with Gasteiger partial charge in [-0.25, -0.2) is 4.79 Å². The summed E-state index contributed by atoms with van der Waals surface area (Å²) in [5.74, 6) is -1.12. The van der Waals surface area contributed by atoms with E-state index in [2.05, 4.69) is 5.32 Å². The van der Waals surface area contributed by atoms with Crippen LogP contribution in [0.15, 0.2) is 16.7 Å². The Bertz CT molecular complexity index is 436. The zero-order chi connectivity index (χ0) is 14.4. The van der Waals surface area contributed by atoms with Crippen LogP contribution in [0.3, 0.4) is 0 Å². The lowest BCUT2D eigenvalue weighted by Crippen LogP contribution is -2.40. The predicted octanol–water partition coefficient (Wildman–Crippen LogP) is 2.78. The fraction of sp³-hybridized carbons (Fsp3) is 0.571. The third-order valence-corrected chi connectivity index (χ3v) is 2.97. The Morgan fingerprint density at radius 3 is 2.63 bits per heavy atom. The van der Waals surface area contributed by atoms with E-state index in [1.165, 1.54) is 6.26 Å². The van der Waals surface area contributed by atoms with Crippen molar-refractivity contribution in [2.75, 3.05) is 0 Å². The normalized spacial score (nSPS) is 12.4. The number of rotatable bonds is 7. The highest BCUT2D eigenvalue weighted by Crippen LogP contribution is 2.20. The Kier molecular flexibility index (Phi) is 5.60. The molecule has 5 heteroatoms. The minimum atomic E-state index is -1.01. The van der Waals surface area contributed by atoms with E-state index in [1.54, 1.807) is 6.07 Å². The highest BCUT2D eigenvalue weighted by molar-refractivity contribution is 5.95. The molecule has 1 amide bonds. The molecule has 1 unspecified atom stereocenters. The van der Waals surface area contributed by atoms with E-state index in [1.807, 2.05) is 20.8 Å². The molecular formula is C14H21NO4. The van der Waals surface area contributed by atoms with Gasteiger partial charge in [0.25, 0.3) is 5.91 Å². The summed E-state index contributed by atoms with van der Waals surface area (Å²) in [6, 6.07) is 0.874. The molecular weight excluding hydrogens is 246 g/mol. The Morgan fingerprint density at radius 2 is 2.11 bits per heavy atom. The maximum Gasteiger partial charge on any atom is 0.326 e. The van der Waals surface area contributed by atoms with Gasteiger partial charge in [0.15, 0.2) is 5.76 Å². The zero-order valence-corrected chi connectivity index (χ0v) is 11.6. The first kappa shape index (κ1) is 15.3. The van der Waals surface area contributed by atoms with Gasteiger partial charge in [-0.15, -0.1) is 0 Å². The molecule has 0 aliphatic rings. The second-order valence-electron chi connectivity index (χ2n) is 4.87. The van der Waals surface area contributed by atoms with Gasteiger partial charge in [0.2, 0.25) is 0 Å². The average molecular weight is 267 g/mol. The smallest absolute Gasteiger partial charge is 0.326 e. The molecule has 1 rings (SSSR count). The van der Waals surface area contributed by atoms with Crippen LogP contribution < -0.4 is 5.32 Å². The van der Waals surface area contributed by atoms with Gasteiger partial charge in [0, 0.05) is 5.56 Å². The van der Waals surface area contributed by atoms with E-state index >= 15 is 0 Å². The average Bonchev–Trinajstić information content (AvgIpc) is 2.83. The van der Waals surface area contributed by atoms with Gasteiger partial charge in [-0.2, -0.15) is 0 Å². The number of carboxylic acids is 1. The van der Waals surface area contributed by atoms with E-state index in [0.29, 0.717) is 6.42 Å². The number of carbonyl (C=O) groups excluding carboxylic acids is 1.